The second kappa shape index (κ2) is 9.99. The lowest BCUT2D eigenvalue weighted by Gasteiger charge is -2.10. The number of aryl methyl sites for hydroxylation is 1. The number of hydrogen-bond donors (Lipinski definition) is 1. The summed E-state index contributed by atoms with van der Waals surface area (Å²) < 4.78 is 13.0. The van der Waals surface area contributed by atoms with E-state index in [1.54, 1.807) is 4.68 Å². The zero-order valence-corrected chi connectivity index (χ0v) is 18.9. The Morgan fingerprint density at radius 3 is 2.36 bits per heavy atom. The molecule has 0 saturated heterocycles. The molecule has 0 spiro atoms. The molecule has 4 aromatic rings. The second-order valence-electron chi connectivity index (χ2n) is 7.81. The number of nitrogens with one attached hydrogen (secondary N) is 1. The molecule has 0 aliphatic rings. The van der Waals surface area contributed by atoms with E-state index in [0.717, 1.165) is 16.8 Å². The number of amides is 1. The third-order valence-electron chi connectivity index (χ3n) is 4.82. The molecular weight excluding hydrogens is 416 g/mol. The van der Waals surface area contributed by atoms with E-state index in [-0.39, 0.29) is 18.6 Å². The molecule has 0 saturated carbocycles. The van der Waals surface area contributed by atoms with Crippen molar-refractivity contribution in [2.45, 2.75) is 26.9 Å². The lowest BCUT2D eigenvalue weighted by Crippen LogP contribution is -2.20. The van der Waals surface area contributed by atoms with E-state index in [1.807, 2.05) is 99.6 Å². The average molecular weight is 443 g/mol. The van der Waals surface area contributed by atoms with Gasteiger partial charge in [-0.2, -0.15) is 4.98 Å². The molecule has 168 valence electrons. The Bertz CT molecular complexity index is 1220. The minimum Gasteiger partial charge on any atom is -0.484 e. The lowest BCUT2D eigenvalue weighted by atomic mass is 10.1. The van der Waals surface area contributed by atoms with E-state index in [9.17, 15) is 4.79 Å². The summed E-state index contributed by atoms with van der Waals surface area (Å²) in [6.07, 6.45) is -0.0405. The number of benzene rings is 3. The third-order valence-corrected chi connectivity index (χ3v) is 4.82. The van der Waals surface area contributed by atoms with Gasteiger partial charge in [-0.25, -0.2) is 4.68 Å². The molecule has 1 amide bonds. The summed E-state index contributed by atoms with van der Waals surface area (Å²) in [5, 5.41) is 7.41. The van der Waals surface area contributed by atoms with Crippen molar-refractivity contribution in [2.75, 3.05) is 11.9 Å². The Morgan fingerprint density at radius 1 is 0.970 bits per heavy atom. The molecule has 0 radical (unpaired) electrons. The van der Waals surface area contributed by atoms with Gasteiger partial charge >= 0.3 is 6.01 Å². The van der Waals surface area contributed by atoms with Crippen molar-refractivity contribution in [3.63, 3.8) is 0 Å². The number of aromatic nitrogens is 3. The molecule has 3 aromatic carbocycles. The summed E-state index contributed by atoms with van der Waals surface area (Å²) in [6, 6.07) is 25.0. The fraction of sp³-hybridized carbons (Fsp3) is 0.192. The molecule has 0 aliphatic carbocycles. The van der Waals surface area contributed by atoms with Gasteiger partial charge in [0.15, 0.2) is 12.4 Å². The summed E-state index contributed by atoms with van der Waals surface area (Å²) in [4.78, 5) is 16.9. The highest BCUT2D eigenvalue weighted by Gasteiger charge is 2.17. The van der Waals surface area contributed by atoms with Crippen LogP contribution in [-0.2, 0) is 4.79 Å². The van der Waals surface area contributed by atoms with Crippen LogP contribution < -0.4 is 14.8 Å². The first kappa shape index (κ1) is 22.1. The fourth-order valence-corrected chi connectivity index (χ4v) is 3.28. The molecule has 1 N–H and O–H groups in total. The van der Waals surface area contributed by atoms with Gasteiger partial charge in [0.05, 0.1) is 11.8 Å². The first-order chi connectivity index (χ1) is 16.0. The number of anilines is 1. The Kier molecular flexibility index (Phi) is 6.69. The third kappa shape index (κ3) is 5.57. The van der Waals surface area contributed by atoms with Crippen molar-refractivity contribution in [1.82, 2.24) is 14.8 Å². The molecular formula is C26H26N4O3. The van der Waals surface area contributed by atoms with Crippen LogP contribution in [0.2, 0.25) is 0 Å². The summed E-state index contributed by atoms with van der Waals surface area (Å²) in [7, 11) is 0. The van der Waals surface area contributed by atoms with Gasteiger partial charge in [-0.1, -0.05) is 42.5 Å². The topological polar surface area (TPSA) is 78.3 Å². The monoisotopic (exact) mass is 442 g/mol. The zero-order valence-electron chi connectivity index (χ0n) is 18.9. The number of para-hydroxylation sites is 1. The first-order valence-electron chi connectivity index (χ1n) is 10.8. The summed E-state index contributed by atoms with van der Waals surface area (Å²) in [5.74, 6) is 1.11. The molecule has 1 aromatic heterocycles. The first-order valence-corrected chi connectivity index (χ1v) is 10.8. The zero-order chi connectivity index (χ0) is 23.2. The molecule has 0 fully saturated rings. The van der Waals surface area contributed by atoms with Crippen LogP contribution in [-0.4, -0.2) is 33.4 Å². The number of carbonyl (C=O) groups excluding carboxylic acids is 1. The lowest BCUT2D eigenvalue weighted by molar-refractivity contribution is -0.118. The Morgan fingerprint density at radius 2 is 1.67 bits per heavy atom. The quantitative estimate of drug-likeness (QED) is 0.413. The van der Waals surface area contributed by atoms with E-state index in [4.69, 9.17) is 9.47 Å². The summed E-state index contributed by atoms with van der Waals surface area (Å²) in [6.45, 7) is 5.84. The van der Waals surface area contributed by atoms with Crippen molar-refractivity contribution < 1.29 is 14.3 Å². The minimum atomic E-state index is -0.236. The van der Waals surface area contributed by atoms with E-state index >= 15 is 0 Å². The van der Waals surface area contributed by atoms with E-state index < -0.39 is 0 Å². The van der Waals surface area contributed by atoms with Crippen molar-refractivity contribution >= 4 is 11.6 Å². The van der Waals surface area contributed by atoms with E-state index in [2.05, 4.69) is 15.4 Å². The van der Waals surface area contributed by atoms with Crippen molar-refractivity contribution in [3.05, 3.63) is 84.4 Å². The molecule has 1 heterocycles. The number of hydrogen-bond acceptors (Lipinski definition) is 5. The molecule has 0 unspecified atom stereocenters. The maximum atomic E-state index is 12.2. The predicted octanol–water partition coefficient (Wildman–Crippen LogP) is 5.05. The smallest absolute Gasteiger partial charge is 0.336 e. The molecule has 0 aliphatic heterocycles. The Balaban J connectivity index is 1.52. The van der Waals surface area contributed by atoms with Crippen LogP contribution in [0.15, 0.2) is 78.9 Å². The van der Waals surface area contributed by atoms with Crippen LogP contribution in [0.4, 0.5) is 5.69 Å². The largest absolute Gasteiger partial charge is 0.484 e. The molecule has 0 atom stereocenters. The van der Waals surface area contributed by atoms with Crippen LogP contribution in [0.1, 0.15) is 19.4 Å². The predicted molar refractivity (Wildman–Crippen MR) is 128 cm³/mol. The van der Waals surface area contributed by atoms with Gasteiger partial charge in [0.25, 0.3) is 5.91 Å². The Hall–Kier alpha value is -4.13. The SMILES string of the molecule is Cc1ccccc1-c1nc(OC(C)C)nn1-c1ccc(NC(=O)COc2ccccc2)cc1. The van der Waals surface area contributed by atoms with Gasteiger partial charge in [-0.05, 0) is 62.7 Å². The van der Waals surface area contributed by atoms with Crippen molar-refractivity contribution in [1.29, 1.82) is 0 Å². The normalized spacial score (nSPS) is 10.8. The number of carbonyl (C=O) groups is 1. The standard InChI is InChI=1S/C26H26N4O3/c1-18(2)33-26-28-25(23-12-8-7-9-19(23)3)30(29-26)21-15-13-20(14-16-21)27-24(31)17-32-22-10-5-4-6-11-22/h4-16,18H,17H2,1-3H3,(H,27,31). The fourth-order valence-electron chi connectivity index (χ4n) is 3.28. The van der Waals surface area contributed by atoms with Gasteiger partial charge in [0.2, 0.25) is 0 Å². The van der Waals surface area contributed by atoms with Crippen LogP contribution in [0, 0.1) is 6.92 Å². The maximum Gasteiger partial charge on any atom is 0.336 e. The van der Waals surface area contributed by atoms with Gasteiger partial charge in [-0.3, -0.25) is 4.79 Å². The number of rotatable bonds is 8. The molecule has 7 nitrogen and oxygen atoms in total. The minimum absolute atomic E-state index is 0.0405. The Labute approximate surface area is 193 Å². The summed E-state index contributed by atoms with van der Waals surface area (Å²) >= 11 is 0. The highest BCUT2D eigenvalue weighted by atomic mass is 16.5. The van der Waals surface area contributed by atoms with Crippen LogP contribution >= 0.6 is 0 Å². The van der Waals surface area contributed by atoms with E-state index in [1.165, 1.54) is 0 Å². The molecule has 33 heavy (non-hydrogen) atoms. The second-order valence-corrected chi connectivity index (χ2v) is 7.81. The van der Waals surface area contributed by atoms with Crippen LogP contribution in [0.25, 0.3) is 17.1 Å². The van der Waals surface area contributed by atoms with Gasteiger partial charge in [-0.15, -0.1) is 5.10 Å². The average Bonchev–Trinajstić information content (AvgIpc) is 3.22. The van der Waals surface area contributed by atoms with Gasteiger partial charge in [0, 0.05) is 11.3 Å². The number of ether oxygens (including phenoxy) is 2. The highest BCUT2D eigenvalue weighted by molar-refractivity contribution is 5.92. The van der Waals surface area contributed by atoms with Crippen molar-refractivity contribution in [3.8, 4) is 28.8 Å². The number of nitrogens with zero attached hydrogens (tertiary/aromatic N) is 3. The molecule has 4 rings (SSSR count). The van der Waals surface area contributed by atoms with Crippen molar-refractivity contribution in [2.24, 2.45) is 0 Å². The van der Waals surface area contributed by atoms with Crippen LogP contribution in [0.3, 0.4) is 0 Å². The van der Waals surface area contributed by atoms with Gasteiger partial charge < -0.3 is 14.8 Å². The highest BCUT2D eigenvalue weighted by Crippen LogP contribution is 2.27. The van der Waals surface area contributed by atoms with E-state index in [0.29, 0.717) is 23.3 Å². The van der Waals surface area contributed by atoms with Gasteiger partial charge in [0.1, 0.15) is 5.75 Å². The van der Waals surface area contributed by atoms with Crippen LogP contribution in [0.5, 0.6) is 11.8 Å². The molecule has 7 heteroatoms. The maximum absolute atomic E-state index is 12.2. The molecule has 0 bridgehead atoms. The summed E-state index contributed by atoms with van der Waals surface area (Å²) in [5.41, 5.74) is 3.53.